The number of nitrogens with zero attached hydrogens (tertiary/aromatic N) is 1. The van der Waals surface area contributed by atoms with Crippen molar-refractivity contribution in [2.45, 2.75) is 52.7 Å². The summed E-state index contributed by atoms with van der Waals surface area (Å²) in [5.41, 5.74) is 2.80. The number of fused-ring (bicyclic) bond motifs is 1. The van der Waals surface area contributed by atoms with Crippen LogP contribution in [0.3, 0.4) is 0 Å². The van der Waals surface area contributed by atoms with E-state index in [-0.39, 0.29) is 11.5 Å². The van der Waals surface area contributed by atoms with Crippen molar-refractivity contribution >= 4 is 5.91 Å². The molecule has 0 spiro atoms. The second-order valence-corrected chi connectivity index (χ2v) is 9.42. The number of hydrogen-bond donors (Lipinski definition) is 0. The lowest BCUT2D eigenvalue weighted by atomic mass is 9.91. The summed E-state index contributed by atoms with van der Waals surface area (Å²) in [6, 6.07) is 13.9. The molecular weight excluding hydrogens is 362 g/mol. The summed E-state index contributed by atoms with van der Waals surface area (Å²) in [4.78, 5) is 14.8. The molecule has 2 aromatic carbocycles. The summed E-state index contributed by atoms with van der Waals surface area (Å²) < 4.78 is 12.1. The Bertz CT molecular complexity index is 877. The molecular formula is C25H31NO3. The molecule has 1 fully saturated rings. The first-order valence-electron chi connectivity index (χ1n) is 10.6. The summed E-state index contributed by atoms with van der Waals surface area (Å²) in [5.74, 6) is 2.90. The Labute approximate surface area is 173 Å². The molecule has 4 rings (SSSR count). The van der Waals surface area contributed by atoms with Gasteiger partial charge in [0.25, 0.3) is 5.91 Å². The van der Waals surface area contributed by atoms with Crippen LogP contribution >= 0.6 is 0 Å². The number of benzene rings is 2. The molecule has 2 aliphatic heterocycles. The average Bonchev–Trinajstić information content (AvgIpc) is 3.00. The smallest absolute Gasteiger partial charge is 0.253 e. The van der Waals surface area contributed by atoms with E-state index >= 15 is 0 Å². The minimum atomic E-state index is -0.187. The highest BCUT2D eigenvalue weighted by molar-refractivity contribution is 5.94. The van der Waals surface area contributed by atoms with Gasteiger partial charge in [0, 0.05) is 30.6 Å². The van der Waals surface area contributed by atoms with Gasteiger partial charge in [-0.2, -0.15) is 0 Å². The molecule has 2 atom stereocenters. The number of carbonyl (C=O) groups is 1. The predicted octanol–water partition coefficient (Wildman–Crippen LogP) is 5.10. The van der Waals surface area contributed by atoms with Crippen LogP contribution < -0.4 is 9.47 Å². The highest BCUT2D eigenvalue weighted by Crippen LogP contribution is 2.42. The fourth-order valence-electron chi connectivity index (χ4n) is 4.62. The summed E-state index contributed by atoms with van der Waals surface area (Å²) in [6.45, 7) is 10.8. The molecule has 29 heavy (non-hydrogen) atoms. The highest BCUT2D eigenvalue weighted by atomic mass is 16.5. The number of ether oxygens (including phenoxy) is 2. The van der Waals surface area contributed by atoms with E-state index in [2.05, 4.69) is 33.8 Å². The zero-order valence-electron chi connectivity index (χ0n) is 17.9. The lowest BCUT2D eigenvalue weighted by Crippen LogP contribution is -2.42. The van der Waals surface area contributed by atoms with Gasteiger partial charge >= 0.3 is 0 Å². The zero-order valence-corrected chi connectivity index (χ0v) is 17.9. The minimum Gasteiger partial charge on any atom is -0.485 e. The molecule has 0 N–H and O–H groups in total. The number of piperidine rings is 1. The van der Waals surface area contributed by atoms with E-state index in [1.54, 1.807) is 0 Å². The van der Waals surface area contributed by atoms with Crippen LogP contribution in [0, 0.1) is 11.8 Å². The lowest BCUT2D eigenvalue weighted by molar-refractivity contribution is 0.0623. The SMILES string of the molecule is C[C@H]1C[C@H](C)CN(C(=O)c2ccc(COc3cccc4c3OC(C)(C)C4)cc2)C1. The van der Waals surface area contributed by atoms with E-state index in [1.807, 2.05) is 41.3 Å². The Hall–Kier alpha value is -2.49. The van der Waals surface area contributed by atoms with Crippen LogP contribution in [-0.2, 0) is 13.0 Å². The molecule has 0 aliphatic carbocycles. The fourth-order valence-corrected chi connectivity index (χ4v) is 4.62. The van der Waals surface area contributed by atoms with Crippen molar-refractivity contribution in [1.82, 2.24) is 4.90 Å². The number of para-hydroxylation sites is 1. The third kappa shape index (κ3) is 4.42. The molecule has 154 valence electrons. The second kappa shape index (κ2) is 7.74. The van der Waals surface area contributed by atoms with Crippen molar-refractivity contribution in [1.29, 1.82) is 0 Å². The van der Waals surface area contributed by atoms with Crippen LogP contribution in [0.1, 0.15) is 55.6 Å². The van der Waals surface area contributed by atoms with Crippen LogP contribution in [0.15, 0.2) is 42.5 Å². The van der Waals surface area contributed by atoms with Gasteiger partial charge in [0.2, 0.25) is 0 Å². The van der Waals surface area contributed by atoms with Gasteiger partial charge in [-0.05, 0) is 55.9 Å². The summed E-state index contributed by atoms with van der Waals surface area (Å²) in [7, 11) is 0. The van der Waals surface area contributed by atoms with Gasteiger partial charge in [0.05, 0.1) is 0 Å². The Morgan fingerprint density at radius 3 is 2.48 bits per heavy atom. The van der Waals surface area contributed by atoms with E-state index in [0.717, 1.165) is 42.1 Å². The number of rotatable bonds is 4. The van der Waals surface area contributed by atoms with E-state index in [9.17, 15) is 4.79 Å². The number of hydrogen-bond acceptors (Lipinski definition) is 3. The van der Waals surface area contributed by atoms with Crippen LogP contribution in [0.25, 0.3) is 0 Å². The van der Waals surface area contributed by atoms with Crippen LogP contribution in [0.2, 0.25) is 0 Å². The summed E-state index contributed by atoms with van der Waals surface area (Å²) >= 11 is 0. The molecule has 0 aromatic heterocycles. The van der Waals surface area contributed by atoms with Gasteiger partial charge < -0.3 is 14.4 Å². The predicted molar refractivity (Wildman–Crippen MR) is 114 cm³/mol. The minimum absolute atomic E-state index is 0.132. The van der Waals surface area contributed by atoms with Crippen molar-refractivity contribution in [3.8, 4) is 11.5 Å². The van der Waals surface area contributed by atoms with Gasteiger partial charge in [0.15, 0.2) is 11.5 Å². The van der Waals surface area contributed by atoms with Crippen molar-refractivity contribution in [2.75, 3.05) is 13.1 Å². The van der Waals surface area contributed by atoms with Gasteiger partial charge in [-0.3, -0.25) is 4.79 Å². The summed E-state index contributed by atoms with van der Waals surface area (Å²) in [5, 5.41) is 0. The van der Waals surface area contributed by atoms with E-state index < -0.39 is 0 Å². The third-order valence-electron chi connectivity index (χ3n) is 5.81. The maximum absolute atomic E-state index is 12.8. The molecule has 4 heteroatoms. The topological polar surface area (TPSA) is 38.8 Å². The molecule has 0 radical (unpaired) electrons. The highest BCUT2D eigenvalue weighted by Gasteiger charge is 2.32. The van der Waals surface area contributed by atoms with Crippen molar-refractivity contribution in [3.05, 3.63) is 59.2 Å². The second-order valence-electron chi connectivity index (χ2n) is 9.42. The maximum Gasteiger partial charge on any atom is 0.253 e. The molecule has 4 nitrogen and oxygen atoms in total. The monoisotopic (exact) mass is 393 g/mol. The van der Waals surface area contributed by atoms with Crippen molar-refractivity contribution in [3.63, 3.8) is 0 Å². The van der Waals surface area contributed by atoms with E-state index in [4.69, 9.17) is 9.47 Å². The zero-order chi connectivity index (χ0) is 20.6. The Morgan fingerprint density at radius 2 is 1.79 bits per heavy atom. The lowest BCUT2D eigenvalue weighted by Gasteiger charge is -2.35. The molecule has 2 aromatic rings. The first-order valence-corrected chi connectivity index (χ1v) is 10.6. The first-order chi connectivity index (χ1) is 13.8. The van der Waals surface area contributed by atoms with Crippen molar-refractivity contribution in [2.24, 2.45) is 11.8 Å². The van der Waals surface area contributed by atoms with E-state index in [0.29, 0.717) is 18.4 Å². The largest absolute Gasteiger partial charge is 0.485 e. The quantitative estimate of drug-likeness (QED) is 0.726. The average molecular weight is 394 g/mol. The summed E-state index contributed by atoms with van der Waals surface area (Å²) in [6.07, 6.45) is 2.09. The van der Waals surface area contributed by atoms with E-state index in [1.165, 1.54) is 12.0 Å². The molecule has 1 saturated heterocycles. The third-order valence-corrected chi connectivity index (χ3v) is 5.81. The molecule has 0 unspecified atom stereocenters. The van der Waals surface area contributed by atoms with Gasteiger partial charge in [-0.1, -0.05) is 38.1 Å². The molecule has 2 heterocycles. The Morgan fingerprint density at radius 1 is 1.10 bits per heavy atom. The molecule has 0 bridgehead atoms. The molecule has 1 amide bonds. The van der Waals surface area contributed by atoms with Crippen LogP contribution in [0.4, 0.5) is 0 Å². The first kappa shape index (κ1) is 19.8. The van der Waals surface area contributed by atoms with Crippen molar-refractivity contribution < 1.29 is 14.3 Å². The Kier molecular flexibility index (Phi) is 5.28. The van der Waals surface area contributed by atoms with Gasteiger partial charge in [-0.15, -0.1) is 0 Å². The molecule has 2 aliphatic rings. The number of carbonyl (C=O) groups excluding carboxylic acids is 1. The maximum atomic E-state index is 12.8. The van der Waals surface area contributed by atoms with Crippen LogP contribution in [0.5, 0.6) is 11.5 Å². The molecule has 0 saturated carbocycles. The van der Waals surface area contributed by atoms with Gasteiger partial charge in [-0.25, -0.2) is 0 Å². The number of amides is 1. The Balaban J connectivity index is 1.40. The van der Waals surface area contributed by atoms with Crippen LogP contribution in [-0.4, -0.2) is 29.5 Å². The van der Waals surface area contributed by atoms with Gasteiger partial charge in [0.1, 0.15) is 12.2 Å². The normalized spacial score (nSPS) is 22.7. The standard InChI is InChI=1S/C25H31NO3/c1-17-12-18(2)15-26(14-17)24(27)20-10-8-19(9-11-20)16-28-22-7-5-6-21-13-25(3,4)29-23(21)22/h5-11,17-18H,12-16H2,1-4H3/t17-,18-/m0/s1. The number of likely N-dealkylation sites (tertiary alicyclic amines) is 1. The fraction of sp³-hybridized carbons (Fsp3) is 0.480.